The van der Waals surface area contributed by atoms with Crippen LogP contribution in [0.4, 0.5) is 0 Å². The molecule has 0 unspecified atom stereocenters. The SMILES string of the molecule is O=c1oc2ccc(-c3ccc4c(c3)c3ccccc3n4-c3ccccc3)cc2c2ccccc12. The first-order valence-electron chi connectivity index (χ1n) is 11.3. The fourth-order valence-electron chi connectivity index (χ4n) is 5.07. The van der Waals surface area contributed by atoms with E-state index < -0.39 is 0 Å². The van der Waals surface area contributed by atoms with Crippen LogP contribution in [0.1, 0.15) is 0 Å². The predicted octanol–water partition coefficient (Wildman–Crippen LogP) is 7.71. The number of fused-ring (bicyclic) bond motifs is 6. The first-order valence-corrected chi connectivity index (χ1v) is 11.3. The molecule has 0 radical (unpaired) electrons. The van der Waals surface area contributed by atoms with Crippen molar-refractivity contribution in [2.45, 2.75) is 0 Å². The van der Waals surface area contributed by atoms with Gasteiger partial charge in [0.05, 0.1) is 16.4 Å². The molecule has 0 fully saturated rings. The molecule has 3 heteroatoms. The van der Waals surface area contributed by atoms with Crippen LogP contribution in [0.25, 0.3) is 60.4 Å². The second kappa shape index (κ2) is 7.19. The highest BCUT2D eigenvalue weighted by atomic mass is 16.4. The van der Waals surface area contributed by atoms with Crippen LogP contribution in [-0.2, 0) is 0 Å². The van der Waals surface area contributed by atoms with E-state index in [1.807, 2.05) is 42.5 Å². The third-order valence-corrected chi connectivity index (χ3v) is 6.64. The summed E-state index contributed by atoms with van der Waals surface area (Å²) in [6.07, 6.45) is 0. The van der Waals surface area contributed by atoms with Crippen molar-refractivity contribution in [1.29, 1.82) is 0 Å². The van der Waals surface area contributed by atoms with Crippen molar-refractivity contribution in [3.8, 4) is 16.8 Å². The zero-order chi connectivity index (χ0) is 22.6. The maximum atomic E-state index is 12.4. The first-order chi connectivity index (χ1) is 16.8. The summed E-state index contributed by atoms with van der Waals surface area (Å²) in [7, 11) is 0. The average molecular weight is 437 g/mol. The average Bonchev–Trinajstić information content (AvgIpc) is 3.23. The summed E-state index contributed by atoms with van der Waals surface area (Å²) >= 11 is 0. The molecule has 0 saturated carbocycles. The zero-order valence-corrected chi connectivity index (χ0v) is 18.2. The molecule has 160 valence electrons. The molecule has 7 rings (SSSR count). The Kier molecular flexibility index (Phi) is 4.00. The van der Waals surface area contributed by atoms with Gasteiger partial charge in [-0.1, -0.05) is 66.7 Å². The Bertz CT molecular complexity index is 1930. The van der Waals surface area contributed by atoms with Gasteiger partial charge >= 0.3 is 5.63 Å². The fourth-order valence-corrected chi connectivity index (χ4v) is 5.07. The van der Waals surface area contributed by atoms with E-state index in [1.54, 1.807) is 0 Å². The van der Waals surface area contributed by atoms with Crippen molar-refractivity contribution in [3.63, 3.8) is 0 Å². The van der Waals surface area contributed by atoms with Crippen LogP contribution < -0.4 is 5.63 Å². The number of para-hydroxylation sites is 2. The van der Waals surface area contributed by atoms with E-state index >= 15 is 0 Å². The molecule has 0 aliphatic heterocycles. The van der Waals surface area contributed by atoms with Gasteiger partial charge in [0.15, 0.2) is 0 Å². The van der Waals surface area contributed by atoms with Crippen molar-refractivity contribution >= 4 is 43.5 Å². The largest absolute Gasteiger partial charge is 0.422 e. The zero-order valence-electron chi connectivity index (χ0n) is 18.2. The Hall–Kier alpha value is -4.63. The topological polar surface area (TPSA) is 35.1 Å². The monoisotopic (exact) mass is 437 g/mol. The second-order valence-electron chi connectivity index (χ2n) is 8.57. The molecular weight excluding hydrogens is 418 g/mol. The second-order valence-corrected chi connectivity index (χ2v) is 8.57. The van der Waals surface area contributed by atoms with E-state index in [0.717, 1.165) is 27.6 Å². The summed E-state index contributed by atoms with van der Waals surface area (Å²) in [6.45, 7) is 0. The molecule has 0 aliphatic carbocycles. The quantitative estimate of drug-likeness (QED) is 0.205. The van der Waals surface area contributed by atoms with E-state index in [9.17, 15) is 4.79 Å². The van der Waals surface area contributed by atoms with Gasteiger partial charge in [0.25, 0.3) is 0 Å². The summed E-state index contributed by atoms with van der Waals surface area (Å²) in [5.41, 5.74) is 6.03. The lowest BCUT2D eigenvalue weighted by Gasteiger charge is -2.09. The van der Waals surface area contributed by atoms with Crippen LogP contribution in [-0.4, -0.2) is 4.57 Å². The van der Waals surface area contributed by atoms with Gasteiger partial charge in [-0.15, -0.1) is 0 Å². The summed E-state index contributed by atoms with van der Waals surface area (Å²) < 4.78 is 7.90. The van der Waals surface area contributed by atoms with Crippen molar-refractivity contribution < 1.29 is 4.42 Å². The van der Waals surface area contributed by atoms with Crippen molar-refractivity contribution in [3.05, 3.63) is 126 Å². The molecule has 3 nitrogen and oxygen atoms in total. The standard InChI is InChI=1S/C31H19NO2/c33-31-25-12-5-4-10-23(25)27-19-21(15-17-30(27)34-31)20-14-16-29-26(18-20)24-11-6-7-13-28(24)32(29)22-8-2-1-3-9-22/h1-19H. The molecular formula is C31H19NO2. The molecule has 0 N–H and O–H groups in total. The van der Waals surface area contributed by atoms with Crippen molar-refractivity contribution in [2.24, 2.45) is 0 Å². The molecule has 7 aromatic rings. The molecule has 2 aromatic heterocycles. The molecule has 5 aromatic carbocycles. The minimum Gasteiger partial charge on any atom is -0.422 e. The molecule has 0 amide bonds. The molecule has 0 spiro atoms. The van der Waals surface area contributed by atoms with E-state index in [1.165, 1.54) is 21.8 Å². The van der Waals surface area contributed by atoms with E-state index in [2.05, 4.69) is 77.4 Å². The van der Waals surface area contributed by atoms with Gasteiger partial charge in [0.2, 0.25) is 0 Å². The van der Waals surface area contributed by atoms with Crippen molar-refractivity contribution in [2.75, 3.05) is 0 Å². The maximum Gasteiger partial charge on any atom is 0.344 e. The van der Waals surface area contributed by atoms with Crippen LogP contribution >= 0.6 is 0 Å². The molecule has 0 saturated heterocycles. The number of aromatic nitrogens is 1. The minimum atomic E-state index is -0.300. The molecule has 2 heterocycles. The predicted molar refractivity (Wildman–Crippen MR) is 140 cm³/mol. The van der Waals surface area contributed by atoms with Crippen LogP contribution in [0.3, 0.4) is 0 Å². The van der Waals surface area contributed by atoms with Crippen LogP contribution in [0.2, 0.25) is 0 Å². The fraction of sp³-hybridized carbons (Fsp3) is 0. The van der Waals surface area contributed by atoms with Gasteiger partial charge in [0, 0.05) is 21.8 Å². The maximum absolute atomic E-state index is 12.4. The molecule has 0 aliphatic rings. The highest BCUT2D eigenvalue weighted by Crippen LogP contribution is 2.36. The Balaban J connectivity index is 1.49. The van der Waals surface area contributed by atoms with Crippen LogP contribution in [0.15, 0.2) is 124 Å². The number of rotatable bonds is 2. The highest BCUT2D eigenvalue weighted by Gasteiger charge is 2.14. The number of hydrogen-bond donors (Lipinski definition) is 0. The number of hydrogen-bond acceptors (Lipinski definition) is 2. The Labute approximate surface area is 195 Å². The lowest BCUT2D eigenvalue weighted by molar-refractivity contribution is 0.570. The Morgan fingerprint density at radius 2 is 1.12 bits per heavy atom. The number of benzene rings is 5. The third-order valence-electron chi connectivity index (χ3n) is 6.64. The van der Waals surface area contributed by atoms with Gasteiger partial charge in [-0.3, -0.25) is 0 Å². The highest BCUT2D eigenvalue weighted by molar-refractivity contribution is 6.11. The lowest BCUT2D eigenvalue weighted by Crippen LogP contribution is -1.99. The molecule has 0 bridgehead atoms. The summed E-state index contributed by atoms with van der Waals surface area (Å²) in [6, 6.07) is 39.3. The molecule has 0 atom stereocenters. The van der Waals surface area contributed by atoms with E-state index in [4.69, 9.17) is 4.42 Å². The Morgan fingerprint density at radius 1 is 0.500 bits per heavy atom. The first kappa shape index (κ1) is 18.9. The summed E-state index contributed by atoms with van der Waals surface area (Å²) in [4.78, 5) is 12.4. The smallest absolute Gasteiger partial charge is 0.344 e. The van der Waals surface area contributed by atoms with Gasteiger partial charge in [0.1, 0.15) is 5.58 Å². The summed E-state index contributed by atoms with van der Waals surface area (Å²) in [5.74, 6) is 0. The summed E-state index contributed by atoms with van der Waals surface area (Å²) in [5, 5.41) is 4.90. The van der Waals surface area contributed by atoms with Gasteiger partial charge in [-0.25, -0.2) is 4.79 Å². The Morgan fingerprint density at radius 3 is 1.94 bits per heavy atom. The van der Waals surface area contributed by atoms with E-state index in [-0.39, 0.29) is 5.63 Å². The third kappa shape index (κ3) is 2.74. The van der Waals surface area contributed by atoms with Crippen molar-refractivity contribution in [1.82, 2.24) is 4.57 Å². The van der Waals surface area contributed by atoms with Gasteiger partial charge < -0.3 is 8.98 Å². The van der Waals surface area contributed by atoms with Gasteiger partial charge in [-0.2, -0.15) is 0 Å². The van der Waals surface area contributed by atoms with Gasteiger partial charge in [-0.05, 0) is 65.0 Å². The van der Waals surface area contributed by atoms with Crippen LogP contribution in [0.5, 0.6) is 0 Å². The van der Waals surface area contributed by atoms with E-state index in [0.29, 0.717) is 11.0 Å². The normalized spacial score (nSPS) is 11.6. The number of nitrogens with zero attached hydrogens (tertiary/aromatic N) is 1. The molecule has 34 heavy (non-hydrogen) atoms. The minimum absolute atomic E-state index is 0.300. The lowest BCUT2D eigenvalue weighted by atomic mass is 9.99. The van der Waals surface area contributed by atoms with Crippen LogP contribution in [0, 0.1) is 0 Å².